The Morgan fingerprint density at radius 2 is 2.17 bits per heavy atom. The average molecular weight is 358 g/mol. The van der Waals surface area contributed by atoms with Crippen LogP contribution in [-0.2, 0) is 11.2 Å². The van der Waals surface area contributed by atoms with E-state index in [-0.39, 0.29) is 5.91 Å². The molecule has 0 atom stereocenters. The van der Waals surface area contributed by atoms with Gasteiger partial charge in [0.25, 0.3) is 0 Å². The first kappa shape index (κ1) is 13.8. The fraction of sp³-hybridized carbons (Fsp3) is 0.500. The van der Waals surface area contributed by atoms with Crippen LogP contribution in [0.25, 0.3) is 0 Å². The molecule has 1 heterocycles. The lowest BCUT2D eigenvalue weighted by Gasteiger charge is -2.31. The van der Waals surface area contributed by atoms with E-state index in [0.717, 1.165) is 31.5 Å². The van der Waals surface area contributed by atoms with Crippen molar-refractivity contribution in [2.75, 3.05) is 20.1 Å². The summed E-state index contributed by atoms with van der Waals surface area (Å²) in [6.07, 6.45) is 2.64. The normalized spacial score (nSPS) is 16.6. The number of halogens is 1. The molecule has 3 nitrogen and oxygen atoms in total. The number of nitrogens with zero attached hydrogens (tertiary/aromatic N) is 1. The van der Waals surface area contributed by atoms with Crippen molar-refractivity contribution < 1.29 is 4.79 Å². The van der Waals surface area contributed by atoms with E-state index >= 15 is 0 Å². The van der Waals surface area contributed by atoms with Gasteiger partial charge in [-0.3, -0.25) is 4.79 Å². The first-order chi connectivity index (χ1) is 8.66. The molecule has 0 bridgehead atoms. The zero-order valence-corrected chi connectivity index (χ0v) is 12.8. The van der Waals surface area contributed by atoms with Gasteiger partial charge in [0.05, 0.1) is 6.42 Å². The van der Waals surface area contributed by atoms with E-state index in [4.69, 9.17) is 0 Å². The van der Waals surface area contributed by atoms with Gasteiger partial charge in [0.1, 0.15) is 0 Å². The first-order valence-corrected chi connectivity index (χ1v) is 7.45. The molecule has 1 aliphatic heterocycles. The number of carbonyl (C=O) groups is 1. The first-order valence-electron chi connectivity index (χ1n) is 6.37. The molecular weight excluding hydrogens is 339 g/mol. The number of benzene rings is 1. The van der Waals surface area contributed by atoms with Gasteiger partial charge in [0.2, 0.25) is 5.91 Å². The third kappa shape index (κ3) is 3.68. The molecule has 1 N–H and O–H groups in total. The minimum atomic E-state index is 0.226. The molecule has 0 radical (unpaired) electrons. The molecule has 1 fully saturated rings. The Kier molecular flexibility index (Phi) is 5.00. The van der Waals surface area contributed by atoms with E-state index in [1.807, 2.05) is 30.1 Å². The Morgan fingerprint density at radius 1 is 1.44 bits per heavy atom. The minimum absolute atomic E-state index is 0.226. The smallest absolute Gasteiger partial charge is 0.226 e. The summed E-state index contributed by atoms with van der Waals surface area (Å²) < 4.78 is 1.18. The number of hydrogen-bond acceptors (Lipinski definition) is 2. The molecule has 0 saturated carbocycles. The van der Waals surface area contributed by atoms with Crippen molar-refractivity contribution in [1.82, 2.24) is 10.2 Å². The SMILES string of the molecule is CN(C(=O)Cc1cccc(I)c1)C1CCNCC1. The van der Waals surface area contributed by atoms with Gasteiger partial charge in [-0.05, 0) is 66.2 Å². The predicted octanol–water partition coefficient (Wildman–Crippen LogP) is 2.04. The lowest BCUT2D eigenvalue weighted by atomic mass is 10.0. The maximum absolute atomic E-state index is 12.2. The largest absolute Gasteiger partial charge is 0.342 e. The highest BCUT2D eigenvalue weighted by atomic mass is 127. The van der Waals surface area contributed by atoms with Crippen LogP contribution in [0.1, 0.15) is 18.4 Å². The van der Waals surface area contributed by atoms with Gasteiger partial charge in [-0.25, -0.2) is 0 Å². The predicted molar refractivity (Wildman–Crippen MR) is 81.5 cm³/mol. The molecule has 1 aromatic carbocycles. The summed E-state index contributed by atoms with van der Waals surface area (Å²) in [4.78, 5) is 14.2. The van der Waals surface area contributed by atoms with Crippen LogP contribution in [0.4, 0.5) is 0 Å². The second-order valence-corrected chi connectivity index (χ2v) is 6.04. The van der Waals surface area contributed by atoms with Crippen LogP contribution in [0.5, 0.6) is 0 Å². The van der Waals surface area contributed by atoms with Crippen molar-refractivity contribution in [2.45, 2.75) is 25.3 Å². The summed E-state index contributed by atoms with van der Waals surface area (Å²) in [6, 6.07) is 8.56. The summed E-state index contributed by atoms with van der Waals surface area (Å²) >= 11 is 2.28. The van der Waals surface area contributed by atoms with Crippen LogP contribution in [-0.4, -0.2) is 37.0 Å². The Bertz CT molecular complexity index is 416. The fourth-order valence-corrected chi connectivity index (χ4v) is 2.95. The maximum Gasteiger partial charge on any atom is 0.226 e. The Hall–Kier alpha value is -0.620. The number of carbonyl (C=O) groups excluding carboxylic acids is 1. The Balaban J connectivity index is 1.94. The topological polar surface area (TPSA) is 32.3 Å². The van der Waals surface area contributed by atoms with Gasteiger partial charge in [-0.15, -0.1) is 0 Å². The van der Waals surface area contributed by atoms with Gasteiger partial charge in [0.15, 0.2) is 0 Å². The van der Waals surface area contributed by atoms with Gasteiger partial charge in [0, 0.05) is 16.7 Å². The van der Waals surface area contributed by atoms with Crippen molar-refractivity contribution in [3.63, 3.8) is 0 Å². The van der Waals surface area contributed by atoms with E-state index in [0.29, 0.717) is 12.5 Å². The fourth-order valence-electron chi connectivity index (χ4n) is 2.34. The molecule has 1 saturated heterocycles. The second kappa shape index (κ2) is 6.52. The highest BCUT2D eigenvalue weighted by Gasteiger charge is 2.21. The van der Waals surface area contributed by atoms with E-state index in [1.54, 1.807) is 0 Å². The lowest BCUT2D eigenvalue weighted by molar-refractivity contribution is -0.131. The van der Waals surface area contributed by atoms with Crippen molar-refractivity contribution in [1.29, 1.82) is 0 Å². The van der Waals surface area contributed by atoms with E-state index < -0.39 is 0 Å². The van der Waals surface area contributed by atoms with Gasteiger partial charge in [-0.2, -0.15) is 0 Å². The van der Waals surface area contributed by atoms with Gasteiger partial charge < -0.3 is 10.2 Å². The molecule has 0 aliphatic carbocycles. The summed E-state index contributed by atoms with van der Waals surface area (Å²) in [5, 5.41) is 3.33. The zero-order valence-electron chi connectivity index (χ0n) is 10.7. The molecule has 4 heteroatoms. The highest BCUT2D eigenvalue weighted by Crippen LogP contribution is 2.13. The number of hydrogen-bond donors (Lipinski definition) is 1. The number of rotatable bonds is 3. The zero-order chi connectivity index (χ0) is 13.0. The lowest BCUT2D eigenvalue weighted by Crippen LogP contribution is -2.44. The summed E-state index contributed by atoms with van der Waals surface area (Å²) in [6.45, 7) is 2.04. The van der Waals surface area contributed by atoms with Crippen molar-refractivity contribution in [2.24, 2.45) is 0 Å². The summed E-state index contributed by atoms with van der Waals surface area (Å²) in [5.41, 5.74) is 1.10. The average Bonchev–Trinajstić information content (AvgIpc) is 2.39. The van der Waals surface area contributed by atoms with Crippen molar-refractivity contribution in [3.05, 3.63) is 33.4 Å². The number of amides is 1. The molecule has 0 unspecified atom stereocenters. The summed E-state index contributed by atoms with van der Waals surface area (Å²) in [5.74, 6) is 0.226. The summed E-state index contributed by atoms with van der Waals surface area (Å²) in [7, 11) is 1.94. The van der Waals surface area contributed by atoms with Crippen molar-refractivity contribution >= 4 is 28.5 Å². The molecule has 0 aromatic heterocycles. The molecular formula is C14H19IN2O. The van der Waals surface area contributed by atoms with Gasteiger partial charge in [-0.1, -0.05) is 12.1 Å². The molecule has 98 valence electrons. The van der Waals surface area contributed by atoms with Crippen LogP contribution in [0.2, 0.25) is 0 Å². The molecule has 0 spiro atoms. The van der Waals surface area contributed by atoms with Crippen molar-refractivity contribution in [3.8, 4) is 0 Å². The minimum Gasteiger partial charge on any atom is -0.342 e. The second-order valence-electron chi connectivity index (χ2n) is 4.79. The Labute approximate surface area is 122 Å². The third-order valence-corrected chi connectivity index (χ3v) is 4.17. The van der Waals surface area contributed by atoms with Crippen LogP contribution in [0.15, 0.2) is 24.3 Å². The maximum atomic E-state index is 12.2. The van der Waals surface area contributed by atoms with Crippen LogP contribution >= 0.6 is 22.6 Å². The molecule has 1 aliphatic rings. The van der Waals surface area contributed by atoms with E-state index in [1.165, 1.54) is 3.57 Å². The van der Waals surface area contributed by atoms with E-state index in [2.05, 4.69) is 34.0 Å². The van der Waals surface area contributed by atoms with Gasteiger partial charge >= 0.3 is 0 Å². The van der Waals surface area contributed by atoms with Crippen LogP contribution in [0.3, 0.4) is 0 Å². The number of likely N-dealkylation sites (N-methyl/N-ethyl adjacent to an activating group) is 1. The molecule has 18 heavy (non-hydrogen) atoms. The standard InChI is InChI=1S/C14H19IN2O/c1-17(13-5-7-16-8-6-13)14(18)10-11-3-2-4-12(15)9-11/h2-4,9,13,16H,5-8,10H2,1H3. The molecule has 1 aromatic rings. The number of piperidine rings is 1. The quantitative estimate of drug-likeness (QED) is 0.839. The Morgan fingerprint density at radius 3 is 2.83 bits per heavy atom. The highest BCUT2D eigenvalue weighted by molar-refractivity contribution is 14.1. The molecule has 2 rings (SSSR count). The third-order valence-electron chi connectivity index (χ3n) is 3.49. The van der Waals surface area contributed by atoms with Crippen LogP contribution < -0.4 is 5.32 Å². The molecule has 1 amide bonds. The van der Waals surface area contributed by atoms with Crippen LogP contribution in [0, 0.1) is 3.57 Å². The number of nitrogens with one attached hydrogen (secondary N) is 1. The van der Waals surface area contributed by atoms with E-state index in [9.17, 15) is 4.79 Å². The monoisotopic (exact) mass is 358 g/mol.